The molecule has 6 nitrogen and oxygen atoms in total. The van der Waals surface area contributed by atoms with Gasteiger partial charge in [0, 0.05) is 6.61 Å². The topological polar surface area (TPSA) is 110 Å². The number of unbranched alkanes of at least 4 members (excludes halogenated alkanes) is 9. The molecule has 0 amide bonds. The van der Waals surface area contributed by atoms with Crippen molar-refractivity contribution >= 4 is 0 Å². The highest BCUT2D eigenvalue weighted by Crippen LogP contribution is 2.10. The molecule has 0 aromatic carbocycles. The summed E-state index contributed by atoms with van der Waals surface area (Å²) in [6.45, 7) is 2.27. The molecule has 1 atom stereocenters. The van der Waals surface area contributed by atoms with E-state index in [1.54, 1.807) is 0 Å². The van der Waals surface area contributed by atoms with Crippen LogP contribution < -0.4 is 0 Å². The summed E-state index contributed by atoms with van der Waals surface area (Å²) >= 11 is 0. The van der Waals surface area contributed by atoms with Crippen LogP contribution in [0.15, 0.2) is 0 Å². The van der Waals surface area contributed by atoms with Crippen LogP contribution in [0.4, 0.5) is 0 Å². The predicted octanol–water partition coefficient (Wildman–Crippen LogP) is 1.61. The lowest BCUT2D eigenvalue weighted by Gasteiger charge is -2.07. The third kappa shape index (κ3) is 24.0. The highest BCUT2D eigenvalue weighted by atomic mass is 16.5. The largest absolute Gasteiger partial charge is 0.394 e. The van der Waals surface area contributed by atoms with Crippen LogP contribution in [0.1, 0.15) is 71.1 Å². The molecule has 0 aromatic heterocycles. The molecule has 1 unspecified atom stereocenters. The average molecular weight is 353 g/mol. The van der Waals surface area contributed by atoms with Gasteiger partial charge in [-0.25, -0.2) is 0 Å². The fourth-order valence-electron chi connectivity index (χ4n) is 2.02. The van der Waals surface area contributed by atoms with E-state index in [2.05, 4.69) is 6.92 Å². The maximum atomic E-state index is 9.04. The smallest absolute Gasteiger partial charge is 0.100 e. The standard InChI is InChI=1S/C15H32O3.C3H8O3/c1-2-3-4-5-6-7-8-9-10-11-12-18-14-15(17)13-16;4-1-3(6)2-5/h15-17H,2-14H2,1H3;3-6H,1-2H2. The van der Waals surface area contributed by atoms with E-state index < -0.39 is 12.2 Å². The number of aliphatic hydroxyl groups is 5. The molecule has 0 aliphatic carbocycles. The lowest BCUT2D eigenvalue weighted by molar-refractivity contribution is 0.00526. The van der Waals surface area contributed by atoms with Gasteiger partial charge in [0.05, 0.1) is 26.4 Å². The van der Waals surface area contributed by atoms with Crippen LogP contribution in [0.25, 0.3) is 0 Å². The fraction of sp³-hybridized carbons (Fsp3) is 1.00. The Labute approximate surface area is 147 Å². The van der Waals surface area contributed by atoms with Crippen LogP contribution >= 0.6 is 0 Å². The Morgan fingerprint density at radius 1 is 0.625 bits per heavy atom. The summed E-state index contributed by atoms with van der Waals surface area (Å²) in [5.74, 6) is 0. The molecule has 6 heteroatoms. The van der Waals surface area contributed by atoms with Gasteiger partial charge in [-0.15, -0.1) is 0 Å². The Hall–Kier alpha value is -0.240. The zero-order chi connectivity index (χ0) is 18.5. The molecule has 24 heavy (non-hydrogen) atoms. The zero-order valence-corrected chi connectivity index (χ0v) is 15.4. The summed E-state index contributed by atoms with van der Waals surface area (Å²) in [6, 6.07) is 0. The van der Waals surface area contributed by atoms with E-state index in [-0.39, 0.29) is 26.4 Å². The van der Waals surface area contributed by atoms with Crippen molar-refractivity contribution in [2.24, 2.45) is 0 Å². The van der Waals surface area contributed by atoms with Gasteiger partial charge in [-0.2, -0.15) is 0 Å². The minimum Gasteiger partial charge on any atom is -0.394 e. The Bertz CT molecular complexity index is 212. The van der Waals surface area contributed by atoms with Crippen LogP contribution in [-0.2, 0) is 4.74 Å². The molecule has 0 aromatic rings. The summed E-state index contributed by atoms with van der Waals surface area (Å²) in [6.07, 6.45) is 11.5. The lowest BCUT2D eigenvalue weighted by atomic mass is 10.1. The van der Waals surface area contributed by atoms with Crippen molar-refractivity contribution < 1.29 is 30.3 Å². The zero-order valence-electron chi connectivity index (χ0n) is 15.4. The second kappa shape index (κ2) is 22.8. The second-order valence-corrected chi connectivity index (χ2v) is 6.11. The first-order valence-corrected chi connectivity index (χ1v) is 9.38. The first-order chi connectivity index (χ1) is 11.6. The summed E-state index contributed by atoms with van der Waals surface area (Å²) < 4.78 is 5.25. The molecule has 0 bridgehead atoms. The van der Waals surface area contributed by atoms with Gasteiger partial charge in [-0.3, -0.25) is 0 Å². The number of aliphatic hydroxyl groups excluding tert-OH is 5. The molecule has 0 spiro atoms. The van der Waals surface area contributed by atoms with Crippen molar-refractivity contribution in [1.82, 2.24) is 0 Å². The summed E-state index contributed by atoms with van der Waals surface area (Å²) in [5.41, 5.74) is 0. The van der Waals surface area contributed by atoms with Crippen molar-refractivity contribution in [3.05, 3.63) is 0 Å². The third-order valence-electron chi connectivity index (χ3n) is 3.58. The van der Waals surface area contributed by atoms with Crippen molar-refractivity contribution in [1.29, 1.82) is 0 Å². The molecule has 0 saturated heterocycles. The van der Waals surface area contributed by atoms with Crippen LogP contribution in [0.2, 0.25) is 0 Å². The monoisotopic (exact) mass is 352 g/mol. The van der Waals surface area contributed by atoms with E-state index in [1.807, 2.05) is 0 Å². The highest BCUT2D eigenvalue weighted by Gasteiger charge is 2.00. The van der Waals surface area contributed by atoms with Crippen LogP contribution in [0, 0.1) is 0 Å². The summed E-state index contributed by atoms with van der Waals surface area (Å²) in [4.78, 5) is 0. The molecule has 0 aliphatic heterocycles. The molecular weight excluding hydrogens is 312 g/mol. The number of ether oxygens (including phenoxy) is 1. The van der Waals surface area contributed by atoms with Crippen LogP contribution in [0.3, 0.4) is 0 Å². The van der Waals surface area contributed by atoms with E-state index in [0.29, 0.717) is 6.61 Å². The highest BCUT2D eigenvalue weighted by molar-refractivity contribution is 4.50. The minimum atomic E-state index is -0.954. The number of rotatable bonds is 16. The van der Waals surface area contributed by atoms with Gasteiger partial charge >= 0.3 is 0 Å². The van der Waals surface area contributed by atoms with E-state index in [0.717, 1.165) is 6.42 Å². The van der Waals surface area contributed by atoms with Crippen molar-refractivity contribution in [2.45, 2.75) is 83.3 Å². The molecule has 0 fully saturated rings. The maximum Gasteiger partial charge on any atom is 0.100 e. The van der Waals surface area contributed by atoms with E-state index in [9.17, 15) is 0 Å². The van der Waals surface area contributed by atoms with Gasteiger partial charge in [0.1, 0.15) is 12.2 Å². The van der Waals surface area contributed by atoms with Crippen molar-refractivity contribution in [2.75, 3.05) is 33.0 Å². The number of hydrogen-bond acceptors (Lipinski definition) is 6. The first-order valence-electron chi connectivity index (χ1n) is 9.38. The van der Waals surface area contributed by atoms with Gasteiger partial charge < -0.3 is 30.3 Å². The molecule has 148 valence electrons. The Morgan fingerprint density at radius 2 is 1.04 bits per heavy atom. The predicted molar refractivity (Wildman–Crippen MR) is 95.9 cm³/mol. The van der Waals surface area contributed by atoms with E-state index >= 15 is 0 Å². The van der Waals surface area contributed by atoms with Gasteiger partial charge in [-0.1, -0.05) is 64.7 Å². The normalized spacial score (nSPS) is 12.1. The maximum absolute atomic E-state index is 9.04. The molecule has 0 saturated carbocycles. The third-order valence-corrected chi connectivity index (χ3v) is 3.58. The molecule has 0 radical (unpaired) electrons. The molecule has 0 aliphatic rings. The SMILES string of the molecule is CCCCCCCCCCCCOCC(O)CO.OCC(O)CO. The Morgan fingerprint density at radius 3 is 1.42 bits per heavy atom. The summed E-state index contributed by atoms with van der Waals surface area (Å²) in [5, 5.41) is 41.6. The van der Waals surface area contributed by atoms with E-state index in [1.165, 1.54) is 57.8 Å². The van der Waals surface area contributed by atoms with Gasteiger partial charge in [0.25, 0.3) is 0 Å². The molecule has 5 N–H and O–H groups in total. The van der Waals surface area contributed by atoms with Gasteiger partial charge in [0.15, 0.2) is 0 Å². The van der Waals surface area contributed by atoms with Crippen molar-refractivity contribution in [3.63, 3.8) is 0 Å². The molecule has 0 heterocycles. The van der Waals surface area contributed by atoms with Crippen LogP contribution in [0.5, 0.6) is 0 Å². The quantitative estimate of drug-likeness (QED) is 0.270. The Balaban J connectivity index is 0. The van der Waals surface area contributed by atoms with Crippen molar-refractivity contribution in [3.8, 4) is 0 Å². The van der Waals surface area contributed by atoms with Gasteiger partial charge in [0.2, 0.25) is 0 Å². The first kappa shape index (κ1) is 26.0. The average Bonchev–Trinajstić information content (AvgIpc) is 2.62. The minimum absolute atomic E-state index is 0.210. The van der Waals surface area contributed by atoms with E-state index in [4.69, 9.17) is 30.3 Å². The summed E-state index contributed by atoms with van der Waals surface area (Å²) in [7, 11) is 0. The Kier molecular flexibility index (Phi) is 24.7. The molecule has 0 rings (SSSR count). The second-order valence-electron chi connectivity index (χ2n) is 6.11. The molecular formula is C18H40O6. The fourth-order valence-corrected chi connectivity index (χ4v) is 2.02. The number of hydrogen-bond donors (Lipinski definition) is 5. The lowest BCUT2D eigenvalue weighted by Crippen LogP contribution is -2.19. The van der Waals surface area contributed by atoms with Crippen LogP contribution in [-0.4, -0.2) is 70.8 Å². The van der Waals surface area contributed by atoms with Gasteiger partial charge in [-0.05, 0) is 6.42 Å².